The van der Waals surface area contributed by atoms with Crippen LogP contribution < -0.4 is 10.6 Å². The van der Waals surface area contributed by atoms with Gasteiger partial charge in [0.15, 0.2) is 11.6 Å². The predicted molar refractivity (Wildman–Crippen MR) is 115 cm³/mol. The fraction of sp³-hybridized carbons (Fsp3) is 0.684. The second kappa shape index (κ2) is 10.5. The van der Waals surface area contributed by atoms with Gasteiger partial charge in [-0.3, -0.25) is 0 Å². The fourth-order valence-electron chi connectivity index (χ4n) is 4.01. The lowest BCUT2D eigenvalue weighted by Crippen LogP contribution is -2.37. The van der Waals surface area contributed by atoms with E-state index in [1.165, 1.54) is 0 Å². The minimum atomic E-state index is 0. The predicted octanol–water partition coefficient (Wildman–Crippen LogP) is 2.82. The number of hydrogen-bond acceptors (Lipinski definition) is 8. The number of nitrogens with zero attached hydrogens (tertiary/aromatic N) is 5. The zero-order valence-electron chi connectivity index (χ0n) is 16.9. The van der Waals surface area contributed by atoms with Gasteiger partial charge < -0.3 is 19.9 Å². The van der Waals surface area contributed by atoms with Gasteiger partial charge in [0.1, 0.15) is 12.4 Å². The number of ether oxygens (including phenoxy) is 1. The van der Waals surface area contributed by atoms with E-state index in [9.17, 15) is 0 Å². The van der Waals surface area contributed by atoms with Crippen LogP contribution >= 0.6 is 24.8 Å². The van der Waals surface area contributed by atoms with Crippen molar-refractivity contribution < 1.29 is 9.26 Å². The quantitative estimate of drug-likeness (QED) is 0.724. The minimum Gasteiger partial charge on any atom is -0.377 e. The summed E-state index contributed by atoms with van der Waals surface area (Å²) in [7, 11) is 1.68. The number of hydrogen-bond donors (Lipinski definition) is 1. The smallest absolute Gasteiger partial charge is 0.226 e. The summed E-state index contributed by atoms with van der Waals surface area (Å²) >= 11 is 0. The summed E-state index contributed by atoms with van der Waals surface area (Å²) < 4.78 is 10.5. The second-order valence-corrected chi connectivity index (χ2v) is 7.80. The highest BCUT2D eigenvalue weighted by Crippen LogP contribution is 2.36. The molecule has 0 atom stereocenters. The molecular weight excluding hydrogens is 415 g/mol. The maximum atomic E-state index is 5.97. The highest BCUT2D eigenvalue weighted by molar-refractivity contribution is 5.85. The Hall–Kier alpha value is -1.48. The molecule has 0 bridgehead atoms. The van der Waals surface area contributed by atoms with Crippen LogP contribution in [0.15, 0.2) is 10.6 Å². The average molecular weight is 445 g/mol. The summed E-state index contributed by atoms with van der Waals surface area (Å²) in [4.78, 5) is 16.1. The summed E-state index contributed by atoms with van der Waals surface area (Å²) in [5.74, 6) is 4.26. The molecule has 0 unspecified atom stereocenters. The summed E-state index contributed by atoms with van der Waals surface area (Å²) in [6, 6.07) is 2.46. The molecule has 2 aromatic rings. The van der Waals surface area contributed by atoms with Crippen LogP contribution in [0.5, 0.6) is 0 Å². The molecule has 3 heterocycles. The lowest BCUT2D eigenvalue weighted by molar-refractivity contribution is 0.177. The van der Waals surface area contributed by atoms with E-state index in [0.29, 0.717) is 30.3 Å². The van der Waals surface area contributed by atoms with Gasteiger partial charge in [-0.15, -0.1) is 24.8 Å². The monoisotopic (exact) mass is 444 g/mol. The van der Waals surface area contributed by atoms with Gasteiger partial charge in [-0.05, 0) is 38.5 Å². The third-order valence-corrected chi connectivity index (χ3v) is 5.62. The number of piperidine rings is 1. The van der Waals surface area contributed by atoms with Crippen molar-refractivity contribution in [3.63, 3.8) is 0 Å². The maximum Gasteiger partial charge on any atom is 0.226 e. The zero-order valence-corrected chi connectivity index (χ0v) is 18.5. The van der Waals surface area contributed by atoms with E-state index in [0.717, 1.165) is 68.4 Å². The summed E-state index contributed by atoms with van der Waals surface area (Å²) in [5.41, 5.74) is 7.08. The van der Waals surface area contributed by atoms with E-state index in [4.69, 9.17) is 25.0 Å². The highest BCUT2D eigenvalue weighted by Gasteiger charge is 2.30. The lowest BCUT2D eigenvalue weighted by atomic mass is 9.78. The lowest BCUT2D eigenvalue weighted by Gasteiger charge is -2.35. The topological polar surface area (TPSA) is 103 Å². The van der Waals surface area contributed by atoms with Crippen molar-refractivity contribution in [2.24, 2.45) is 11.7 Å². The first kappa shape index (κ1) is 23.8. The van der Waals surface area contributed by atoms with Crippen molar-refractivity contribution >= 4 is 30.6 Å². The third-order valence-electron chi connectivity index (χ3n) is 5.62. The number of nitrogens with two attached hydrogens (primary N) is 1. The minimum absolute atomic E-state index is 0. The number of methoxy groups -OCH3 is 1. The Labute approximate surface area is 183 Å². The van der Waals surface area contributed by atoms with Crippen LogP contribution in [0.3, 0.4) is 0 Å². The molecular formula is C19H30Cl2N6O2. The first-order chi connectivity index (χ1) is 13.1. The number of aryl methyl sites for hydroxylation is 1. The molecule has 1 saturated heterocycles. The van der Waals surface area contributed by atoms with E-state index in [1.54, 1.807) is 7.11 Å². The van der Waals surface area contributed by atoms with Gasteiger partial charge in [-0.25, -0.2) is 9.97 Å². The van der Waals surface area contributed by atoms with E-state index >= 15 is 0 Å². The molecule has 2 fully saturated rings. The van der Waals surface area contributed by atoms with Gasteiger partial charge in [-0.2, -0.15) is 4.98 Å². The Bertz CT molecular complexity index is 776. The van der Waals surface area contributed by atoms with Gasteiger partial charge in [0, 0.05) is 50.3 Å². The van der Waals surface area contributed by atoms with Crippen LogP contribution in [0.1, 0.15) is 54.8 Å². The molecule has 4 rings (SSSR count). The first-order valence-corrected chi connectivity index (χ1v) is 9.77. The Morgan fingerprint density at radius 3 is 2.48 bits per heavy atom. The SMILES string of the molecule is COCc1nc(C2CC(N)C2)cc(N2CCC(Cc3nc(C)no3)CC2)n1.Cl.Cl. The number of anilines is 1. The van der Waals surface area contributed by atoms with Gasteiger partial charge in [0.25, 0.3) is 0 Å². The molecule has 10 heteroatoms. The Morgan fingerprint density at radius 1 is 1.17 bits per heavy atom. The number of halogens is 2. The molecule has 29 heavy (non-hydrogen) atoms. The normalized spacial score (nSPS) is 21.8. The van der Waals surface area contributed by atoms with Crippen LogP contribution in [0.2, 0.25) is 0 Å². The molecule has 2 N–H and O–H groups in total. The summed E-state index contributed by atoms with van der Waals surface area (Å²) in [6.07, 6.45) is 5.06. The largest absolute Gasteiger partial charge is 0.377 e. The van der Waals surface area contributed by atoms with E-state index in [-0.39, 0.29) is 24.8 Å². The van der Waals surface area contributed by atoms with Crippen molar-refractivity contribution in [2.75, 3.05) is 25.1 Å². The molecule has 0 amide bonds. The Balaban J connectivity index is 0.00000150. The molecule has 0 radical (unpaired) electrons. The van der Waals surface area contributed by atoms with Gasteiger partial charge >= 0.3 is 0 Å². The summed E-state index contributed by atoms with van der Waals surface area (Å²) in [5, 5.41) is 3.88. The van der Waals surface area contributed by atoms with Gasteiger partial charge in [-0.1, -0.05) is 5.16 Å². The Kier molecular flexibility index (Phi) is 8.63. The van der Waals surface area contributed by atoms with Crippen LogP contribution in [0.25, 0.3) is 0 Å². The first-order valence-electron chi connectivity index (χ1n) is 9.77. The zero-order chi connectivity index (χ0) is 18.8. The van der Waals surface area contributed by atoms with Crippen LogP contribution in [0.4, 0.5) is 5.82 Å². The van der Waals surface area contributed by atoms with Crippen molar-refractivity contribution in [2.45, 2.75) is 57.6 Å². The van der Waals surface area contributed by atoms with Crippen LogP contribution in [-0.4, -0.2) is 46.3 Å². The van der Waals surface area contributed by atoms with Crippen LogP contribution in [0, 0.1) is 12.8 Å². The fourth-order valence-corrected chi connectivity index (χ4v) is 4.01. The molecule has 2 aliphatic rings. The molecule has 1 aliphatic heterocycles. The molecule has 0 aromatic carbocycles. The standard InChI is InChI=1S/C19H28N6O2.2ClH/c1-12-21-19(27-24-12)7-13-3-5-25(6-4-13)18-10-16(14-8-15(20)9-14)22-17(23-18)11-26-2;;/h10,13-15H,3-9,11,20H2,1-2H3;2*1H. The van der Waals surface area contributed by atoms with E-state index in [1.807, 2.05) is 6.92 Å². The van der Waals surface area contributed by atoms with Crippen molar-refractivity contribution in [1.29, 1.82) is 0 Å². The molecule has 162 valence electrons. The van der Waals surface area contributed by atoms with Crippen molar-refractivity contribution in [3.8, 4) is 0 Å². The van der Waals surface area contributed by atoms with Crippen molar-refractivity contribution in [1.82, 2.24) is 20.1 Å². The third kappa shape index (κ3) is 5.78. The molecule has 1 saturated carbocycles. The number of rotatable bonds is 6. The maximum absolute atomic E-state index is 5.97. The average Bonchev–Trinajstić information content (AvgIpc) is 3.04. The Morgan fingerprint density at radius 2 is 1.90 bits per heavy atom. The highest BCUT2D eigenvalue weighted by atomic mass is 35.5. The van der Waals surface area contributed by atoms with E-state index in [2.05, 4.69) is 21.1 Å². The summed E-state index contributed by atoms with van der Waals surface area (Å²) in [6.45, 7) is 4.25. The molecule has 1 aliphatic carbocycles. The van der Waals surface area contributed by atoms with E-state index < -0.39 is 0 Å². The van der Waals surface area contributed by atoms with Gasteiger partial charge in [0.05, 0.1) is 0 Å². The van der Waals surface area contributed by atoms with Crippen LogP contribution in [-0.2, 0) is 17.8 Å². The van der Waals surface area contributed by atoms with Gasteiger partial charge in [0.2, 0.25) is 5.89 Å². The van der Waals surface area contributed by atoms with Crippen molar-refractivity contribution in [3.05, 3.63) is 29.3 Å². The number of aromatic nitrogens is 4. The second-order valence-electron chi connectivity index (χ2n) is 7.80. The molecule has 2 aromatic heterocycles. The molecule has 8 nitrogen and oxygen atoms in total. The molecule has 0 spiro atoms.